The van der Waals surface area contributed by atoms with E-state index in [1.54, 1.807) is 18.5 Å². The van der Waals surface area contributed by atoms with Crippen molar-refractivity contribution in [1.82, 2.24) is 9.97 Å². The zero-order valence-corrected chi connectivity index (χ0v) is 8.94. The fraction of sp³-hybridized carbons (Fsp3) is 0.167. The van der Waals surface area contributed by atoms with Gasteiger partial charge in [-0.2, -0.15) is 0 Å². The third-order valence-electron chi connectivity index (χ3n) is 2.23. The molecule has 0 aliphatic heterocycles. The highest BCUT2D eigenvalue weighted by Gasteiger charge is 2.00. The van der Waals surface area contributed by atoms with Gasteiger partial charge in [0.15, 0.2) is 0 Å². The monoisotopic (exact) mass is 217 g/mol. The molecule has 0 saturated carbocycles. The lowest BCUT2D eigenvalue weighted by Gasteiger charge is -2.07. The number of hydrogen-bond acceptors (Lipinski definition) is 3. The van der Waals surface area contributed by atoms with Gasteiger partial charge in [-0.05, 0) is 24.6 Å². The lowest BCUT2D eigenvalue weighted by molar-refractivity contribution is 0.626. The van der Waals surface area contributed by atoms with Crippen molar-refractivity contribution in [3.8, 4) is 0 Å². The standard InChI is InChI=1S/C12H12FN3/c1-9-12(15-6-5-14-9)16-8-10-3-2-4-11(13)7-10/h2-7H,8H2,1H3,(H,15,16). The Labute approximate surface area is 93.4 Å². The van der Waals surface area contributed by atoms with Gasteiger partial charge in [0, 0.05) is 18.9 Å². The van der Waals surface area contributed by atoms with E-state index in [9.17, 15) is 4.39 Å². The molecule has 1 aromatic heterocycles. The van der Waals surface area contributed by atoms with Crippen molar-refractivity contribution in [2.24, 2.45) is 0 Å². The number of hydrogen-bond donors (Lipinski definition) is 1. The van der Waals surface area contributed by atoms with Crippen LogP contribution in [0.4, 0.5) is 10.2 Å². The summed E-state index contributed by atoms with van der Waals surface area (Å²) in [5.74, 6) is 0.502. The van der Waals surface area contributed by atoms with E-state index in [4.69, 9.17) is 0 Å². The van der Waals surface area contributed by atoms with E-state index in [-0.39, 0.29) is 5.82 Å². The lowest BCUT2D eigenvalue weighted by atomic mass is 10.2. The van der Waals surface area contributed by atoms with Crippen molar-refractivity contribution in [3.63, 3.8) is 0 Å². The van der Waals surface area contributed by atoms with Gasteiger partial charge in [0.1, 0.15) is 11.6 Å². The summed E-state index contributed by atoms with van der Waals surface area (Å²) in [6.07, 6.45) is 3.27. The number of nitrogens with zero attached hydrogens (tertiary/aromatic N) is 2. The lowest BCUT2D eigenvalue weighted by Crippen LogP contribution is -2.04. The summed E-state index contributed by atoms with van der Waals surface area (Å²) < 4.78 is 12.9. The minimum atomic E-state index is -0.227. The molecule has 0 bridgehead atoms. The molecule has 1 heterocycles. The normalized spacial score (nSPS) is 10.1. The van der Waals surface area contributed by atoms with Crippen LogP contribution in [0.5, 0.6) is 0 Å². The fourth-order valence-corrected chi connectivity index (χ4v) is 1.41. The largest absolute Gasteiger partial charge is 0.364 e. The summed E-state index contributed by atoms with van der Waals surface area (Å²) in [6, 6.07) is 6.48. The molecule has 0 spiro atoms. The van der Waals surface area contributed by atoms with E-state index in [0.29, 0.717) is 6.54 Å². The molecule has 1 N–H and O–H groups in total. The Morgan fingerprint density at radius 2 is 2.06 bits per heavy atom. The molecular formula is C12H12FN3. The van der Waals surface area contributed by atoms with E-state index in [0.717, 1.165) is 17.1 Å². The Morgan fingerprint density at radius 1 is 1.25 bits per heavy atom. The van der Waals surface area contributed by atoms with Crippen LogP contribution in [0.2, 0.25) is 0 Å². The smallest absolute Gasteiger partial charge is 0.147 e. The Hall–Kier alpha value is -1.97. The molecule has 0 aliphatic carbocycles. The molecule has 2 aromatic rings. The quantitative estimate of drug-likeness (QED) is 0.858. The van der Waals surface area contributed by atoms with Crippen molar-refractivity contribution in [3.05, 3.63) is 53.7 Å². The van der Waals surface area contributed by atoms with Crippen LogP contribution in [-0.4, -0.2) is 9.97 Å². The summed E-state index contributed by atoms with van der Waals surface area (Å²) in [4.78, 5) is 8.26. The van der Waals surface area contributed by atoms with Crippen molar-refractivity contribution in [2.45, 2.75) is 13.5 Å². The number of nitrogens with one attached hydrogen (secondary N) is 1. The predicted molar refractivity (Wildman–Crippen MR) is 60.5 cm³/mol. The number of rotatable bonds is 3. The van der Waals surface area contributed by atoms with Crippen LogP contribution in [0.1, 0.15) is 11.3 Å². The number of aryl methyl sites for hydroxylation is 1. The summed E-state index contributed by atoms with van der Waals surface area (Å²) >= 11 is 0. The summed E-state index contributed by atoms with van der Waals surface area (Å²) in [5, 5.41) is 3.12. The topological polar surface area (TPSA) is 37.8 Å². The Balaban J connectivity index is 2.05. The summed E-state index contributed by atoms with van der Waals surface area (Å²) in [5.41, 5.74) is 1.71. The molecule has 0 fully saturated rings. The van der Waals surface area contributed by atoms with E-state index < -0.39 is 0 Å². The van der Waals surface area contributed by atoms with Crippen LogP contribution in [0, 0.1) is 12.7 Å². The maximum atomic E-state index is 12.9. The first-order valence-corrected chi connectivity index (χ1v) is 5.01. The maximum absolute atomic E-state index is 12.9. The number of aromatic nitrogens is 2. The third kappa shape index (κ3) is 2.53. The first kappa shape index (κ1) is 10.5. The first-order valence-electron chi connectivity index (χ1n) is 5.01. The highest BCUT2D eigenvalue weighted by molar-refractivity contribution is 5.39. The number of halogens is 1. The van der Waals surface area contributed by atoms with Gasteiger partial charge in [-0.25, -0.2) is 9.37 Å². The molecule has 0 aliphatic rings. The van der Waals surface area contributed by atoms with Crippen LogP contribution in [0.15, 0.2) is 36.7 Å². The van der Waals surface area contributed by atoms with Crippen molar-refractivity contribution >= 4 is 5.82 Å². The van der Waals surface area contributed by atoms with Gasteiger partial charge in [0.05, 0.1) is 5.69 Å². The van der Waals surface area contributed by atoms with Gasteiger partial charge in [-0.1, -0.05) is 12.1 Å². The molecule has 1 aromatic carbocycles. The molecule has 2 rings (SSSR count). The molecule has 0 amide bonds. The van der Waals surface area contributed by atoms with Gasteiger partial charge in [0.25, 0.3) is 0 Å². The molecule has 0 atom stereocenters. The van der Waals surface area contributed by atoms with Crippen LogP contribution in [0.25, 0.3) is 0 Å². The van der Waals surface area contributed by atoms with Crippen LogP contribution >= 0.6 is 0 Å². The Kier molecular flexibility index (Phi) is 3.10. The second-order valence-corrected chi connectivity index (χ2v) is 3.47. The number of anilines is 1. The third-order valence-corrected chi connectivity index (χ3v) is 2.23. The van der Waals surface area contributed by atoms with Crippen LogP contribution < -0.4 is 5.32 Å². The second kappa shape index (κ2) is 4.70. The van der Waals surface area contributed by atoms with Crippen molar-refractivity contribution in [1.29, 1.82) is 0 Å². The van der Waals surface area contributed by atoms with E-state index in [2.05, 4.69) is 15.3 Å². The highest BCUT2D eigenvalue weighted by atomic mass is 19.1. The van der Waals surface area contributed by atoms with E-state index in [1.165, 1.54) is 12.1 Å². The van der Waals surface area contributed by atoms with Crippen molar-refractivity contribution in [2.75, 3.05) is 5.32 Å². The second-order valence-electron chi connectivity index (χ2n) is 3.47. The predicted octanol–water partition coefficient (Wildman–Crippen LogP) is 2.54. The number of benzene rings is 1. The Morgan fingerprint density at radius 3 is 2.81 bits per heavy atom. The van der Waals surface area contributed by atoms with Crippen LogP contribution in [0.3, 0.4) is 0 Å². The van der Waals surface area contributed by atoms with Gasteiger partial charge < -0.3 is 5.32 Å². The zero-order valence-electron chi connectivity index (χ0n) is 8.94. The summed E-state index contributed by atoms with van der Waals surface area (Å²) in [6.45, 7) is 2.41. The fourth-order valence-electron chi connectivity index (χ4n) is 1.41. The maximum Gasteiger partial charge on any atom is 0.147 e. The minimum absolute atomic E-state index is 0.227. The molecule has 0 unspecified atom stereocenters. The van der Waals surface area contributed by atoms with E-state index in [1.807, 2.05) is 13.0 Å². The van der Waals surface area contributed by atoms with Gasteiger partial charge in [-0.3, -0.25) is 4.98 Å². The molecular weight excluding hydrogens is 205 g/mol. The molecule has 0 radical (unpaired) electrons. The minimum Gasteiger partial charge on any atom is -0.364 e. The van der Waals surface area contributed by atoms with E-state index >= 15 is 0 Å². The molecule has 4 heteroatoms. The SMILES string of the molecule is Cc1nccnc1NCc1cccc(F)c1. The van der Waals surface area contributed by atoms with Gasteiger partial charge in [0.2, 0.25) is 0 Å². The molecule has 3 nitrogen and oxygen atoms in total. The highest BCUT2D eigenvalue weighted by Crippen LogP contribution is 2.09. The molecule has 0 saturated heterocycles. The average Bonchev–Trinajstić information content (AvgIpc) is 2.28. The summed E-state index contributed by atoms with van der Waals surface area (Å²) in [7, 11) is 0. The molecule has 16 heavy (non-hydrogen) atoms. The van der Waals surface area contributed by atoms with Crippen LogP contribution in [-0.2, 0) is 6.54 Å². The average molecular weight is 217 g/mol. The van der Waals surface area contributed by atoms with Gasteiger partial charge >= 0.3 is 0 Å². The van der Waals surface area contributed by atoms with Gasteiger partial charge in [-0.15, -0.1) is 0 Å². The Bertz CT molecular complexity index is 485. The molecule has 82 valence electrons. The first-order chi connectivity index (χ1) is 7.75. The van der Waals surface area contributed by atoms with Crippen molar-refractivity contribution < 1.29 is 4.39 Å². The zero-order chi connectivity index (χ0) is 11.4.